The van der Waals surface area contributed by atoms with Gasteiger partial charge in [-0.1, -0.05) is 25.1 Å². The van der Waals surface area contributed by atoms with E-state index in [0.717, 1.165) is 16.0 Å². The first kappa shape index (κ1) is 27.0. The predicted octanol–water partition coefficient (Wildman–Crippen LogP) is 5.88. The molecule has 3 rings (SSSR count). The fourth-order valence-electron chi connectivity index (χ4n) is 3.78. The molecule has 0 saturated carbocycles. The van der Waals surface area contributed by atoms with Crippen LogP contribution in [0.15, 0.2) is 53.9 Å². The molecule has 7 nitrogen and oxygen atoms in total. The molecule has 0 aliphatic carbocycles. The first-order valence-electron chi connectivity index (χ1n) is 11.7. The minimum Gasteiger partial charge on any atom is -0.332 e. The standard InChI is InChI=1S/C27H30FN3O4S/c1-5-20(4)30(27(33)22-9-6-18(2)24(14-22)31(34)35)17-26(32)29(16-25-19(3)12-13-36-25)15-21-7-10-23(28)11-8-21/h6-14,20H,5,15-17H2,1-4H3. The van der Waals surface area contributed by atoms with E-state index in [0.29, 0.717) is 18.5 Å². The Bertz CT molecular complexity index is 1240. The molecule has 0 saturated heterocycles. The van der Waals surface area contributed by atoms with Gasteiger partial charge in [-0.3, -0.25) is 19.7 Å². The van der Waals surface area contributed by atoms with E-state index in [2.05, 4.69) is 0 Å². The van der Waals surface area contributed by atoms with Gasteiger partial charge in [0, 0.05) is 34.7 Å². The quantitative estimate of drug-likeness (QED) is 0.251. The fourth-order valence-corrected chi connectivity index (χ4v) is 4.70. The molecule has 2 amide bonds. The van der Waals surface area contributed by atoms with E-state index in [-0.39, 0.29) is 42.1 Å². The van der Waals surface area contributed by atoms with Gasteiger partial charge in [0.1, 0.15) is 12.4 Å². The van der Waals surface area contributed by atoms with Gasteiger partial charge >= 0.3 is 0 Å². The molecule has 1 aromatic heterocycles. The Hall–Kier alpha value is -3.59. The molecule has 0 bridgehead atoms. The number of amides is 2. The second kappa shape index (κ2) is 11.9. The lowest BCUT2D eigenvalue weighted by molar-refractivity contribution is -0.385. The Balaban J connectivity index is 1.89. The van der Waals surface area contributed by atoms with Crippen LogP contribution in [0.5, 0.6) is 0 Å². The normalized spacial score (nSPS) is 11.7. The van der Waals surface area contributed by atoms with Gasteiger partial charge in [0.25, 0.3) is 11.6 Å². The van der Waals surface area contributed by atoms with E-state index in [4.69, 9.17) is 0 Å². The number of halogens is 1. The van der Waals surface area contributed by atoms with Crippen LogP contribution in [0.2, 0.25) is 0 Å². The summed E-state index contributed by atoms with van der Waals surface area (Å²) in [6, 6.07) is 12.1. The van der Waals surface area contributed by atoms with Crippen LogP contribution in [0.1, 0.15) is 52.2 Å². The highest BCUT2D eigenvalue weighted by atomic mass is 32.1. The summed E-state index contributed by atoms with van der Waals surface area (Å²) in [4.78, 5) is 42.1. The first-order valence-corrected chi connectivity index (χ1v) is 12.6. The number of hydrogen-bond donors (Lipinski definition) is 0. The van der Waals surface area contributed by atoms with Crippen LogP contribution in [0.25, 0.3) is 0 Å². The zero-order chi connectivity index (χ0) is 26.4. The van der Waals surface area contributed by atoms with E-state index in [1.165, 1.54) is 23.1 Å². The molecule has 1 atom stereocenters. The molecule has 0 radical (unpaired) electrons. The molecule has 36 heavy (non-hydrogen) atoms. The van der Waals surface area contributed by atoms with Crippen LogP contribution in [-0.2, 0) is 17.9 Å². The number of nitro benzene ring substituents is 1. The lowest BCUT2D eigenvalue weighted by Crippen LogP contribution is -2.46. The van der Waals surface area contributed by atoms with E-state index in [1.54, 1.807) is 47.4 Å². The van der Waals surface area contributed by atoms with Crippen molar-refractivity contribution in [3.63, 3.8) is 0 Å². The lowest BCUT2D eigenvalue weighted by Gasteiger charge is -2.31. The van der Waals surface area contributed by atoms with Crippen molar-refractivity contribution < 1.29 is 18.9 Å². The first-order chi connectivity index (χ1) is 17.1. The number of carbonyl (C=O) groups is 2. The number of nitro groups is 1. The molecule has 2 aromatic carbocycles. The molecule has 0 fully saturated rings. The number of carbonyl (C=O) groups excluding carboxylic acids is 2. The van der Waals surface area contributed by atoms with Crippen molar-refractivity contribution in [1.82, 2.24) is 9.80 Å². The van der Waals surface area contributed by atoms with Crippen molar-refractivity contribution in [2.24, 2.45) is 0 Å². The molecular weight excluding hydrogens is 481 g/mol. The van der Waals surface area contributed by atoms with E-state index in [9.17, 15) is 24.1 Å². The molecule has 0 N–H and O–H groups in total. The maximum Gasteiger partial charge on any atom is 0.273 e. The summed E-state index contributed by atoms with van der Waals surface area (Å²) in [6.45, 7) is 7.79. The number of thiophene rings is 1. The third kappa shape index (κ3) is 6.54. The van der Waals surface area contributed by atoms with E-state index in [1.807, 2.05) is 32.2 Å². The Labute approximate surface area is 214 Å². The predicted molar refractivity (Wildman–Crippen MR) is 138 cm³/mol. The molecule has 0 spiro atoms. The highest BCUT2D eigenvalue weighted by molar-refractivity contribution is 7.10. The number of rotatable bonds is 10. The summed E-state index contributed by atoms with van der Waals surface area (Å²) < 4.78 is 13.4. The minimum atomic E-state index is -0.515. The number of benzene rings is 2. The summed E-state index contributed by atoms with van der Waals surface area (Å²) in [5, 5.41) is 13.4. The van der Waals surface area contributed by atoms with Crippen LogP contribution in [-0.4, -0.2) is 39.1 Å². The summed E-state index contributed by atoms with van der Waals surface area (Å²) in [5.41, 5.74) is 2.33. The molecule has 1 unspecified atom stereocenters. The zero-order valence-corrected chi connectivity index (χ0v) is 21.7. The van der Waals surface area contributed by atoms with Crippen molar-refractivity contribution in [2.45, 2.75) is 53.2 Å². The summed E-state index contributed by atoms with van der Waals surface area (Å²) in [5.74, 6) is -1.05. The average molecular weight is 512 g/mol. The molecule has 9 heteroatoms. The van der Waals surface area contributed by atoms with Crippen LogP contribution in [0, 0.1) is 29.8 Å². The Morgan fingerprint density at radius 2 is 1.75 bits per heavy atom. The molecule has 0 aliphatic rings. The Morgan fingerprint density at radius 1 is 1.06 bits per heavy atom. The minimum absolute atomic E-state index is 0.137. The largest absolute Gasteiger partial charge is 0.332 e. The van der Waals surface area contributed by atoms with Gasteiger partial charge in [0.15, 0.2) is 0 Å². The van der Waals surface area contributed by atoms with Gasteiger partial charge in [-0.15, -0.1) is 11.3 Å². The summed E-state index contributed by atoms with van der Waals surface area (Å²) in [6.07, 6.45) is 0.606. The highest BCUT2D eigenvalue weighted by Crippen LogP contribution is 2.23. The van der Waals surface area contributed by atoms with Crippen molar-refractivity contribution in [2.75, 3.05) is 6.54 Å². The highest BCUT2D eigenvalue weighted by Gasteiger charge is 2.27. The van der Waals surface area contributed by atoms with E-state index >= 15 is 0 Å². The number of hydrogen-bond acceptors (Lipinski definition) is 5. The van der Waals surface area contributed by atoms with Gasteiger partial charge in [0.05, 0.1) is 11.5 Å². The van der Waals surface area contributed by atoms with Gasteiger partial charge in [-0.2, -0.15) is 0 Å². The Morgan fingerprint density at radius 3 is 2.33 bits per heavy atom. The van der Waals surface area contributed by atoms with Crippen molar-refractivity contribution in [1.29, 1.82) is 0 Å². The SMILES string of the molecule is CCC(C)N(CC(=O)N(Cc1ccc(F)cc1)Cc1sccc1C)C(=O)c1ccc(C)c([N+](=O)[O-])c1. The smallest absolute Gasteiger partial charge is 0.273 e. The van der Waals surface area contributed by atoms with E-state index < -0.39 is 10.8 Å². The third-order valence-corrected chi connectivity index (χ3v) is 7.29. The van der Waals surface area contributed by atoms with Crippen LogP contribution >= 0.6 is 11.3 Å². The van der Waals surface area contributed by atoms with Gasteiger partial charge in [0.2, 0.25) is 5.91 Å². The third-order valence-electron chi connectivity index (χ3n) is 6.28. The second-order valence-electron chi connectivity index (χ2n) is 8.85. The maximum absolute atomic E-state index is 13.6. The molecular formula is C27H30FN3O4S. The second-order valence-corrected chi connectivity index (χ2v) is 9.85. The van der Waals surface area contributed by atoms with Crippen LogP contribution in [0.4, 0.5) is 10.1 Å². The van der Waals surface area contributed by atoms with Crippen molar-refractivity contribution in [3.05, 3.63) is 97.0 Å². The monoisotopic (exact) mass is 511 g/mol. The molecule has 1 heterocycles. The molecule has 0 aliphatic heterocycles. The van der Waals surface area contributed by atoms with Gasteiger partial charge in [-0.05, 0) is 68.0 Å². The Kier molecular flexibility index (Phi) is 8.93. The summed E-state index contributed by atoms with van der Waals surface area (Å²) >= 11 is 1.55. The van der Waals surface area contributed by atoms with Crippen LogP contribution < -0.4 is 0 Å². The topological polar surface area (TPSA) is 83.8 Å². The van der Waals surface area contributed by atoms with Gasteiger partial charge < -0.3 is 9.80 Å². The molecule has 3 aromatic rings. The maximum atomic E-state index is 13.6. The van der Waals surface area contributed by atoms with Crippen LogP contribution in [0.3, 0.4) is 0 Å². The van der Waals surface area contributed by atoms with Gasteiger partial charge in [-0.25, -0.2) is 4.39 Å². The fraction of sp³-hybridized carbons (Fsp3) is 0.333. The number of aryl methyl sites for hydroxylation is 2. The summed E-state index contributed by atoms with van der Waals surface area (Å²) in [7, 11) is 0. The average Bonchev–Trinajstić information content (AvgIpc) is 3.26. The van der Waals surface area contributed by atoms with Crippen molar-refractivity contribution in [3.8, 4) is 0 Å². The molecule has 190 valence electrons. The lowest BCUT2D eigenvalue weighted by atomic mass is 10.1. The van der Waals surface area contributed by atoms with Crippen molar-refractivity contribution >= 4 is 28.8 Å². The zero-order valence-electron chi connectivity index (χ0n) is 20.9. The number of nitrogens with zero attached hydrogens (tertiary/aromatic N) is 3.